The SMILES string of the molecule is O=C(CCc1ccc(Cl)cc1)Nc1cccc([C@H]2CCc3nncn3C2)c1. The van der Waals surface area contributed by atoms with Crippen LogP contribution in [0.3, 0.4) is 0 Å². The molecule has 1 aromatic heterocycles. The molecule has 0 spiro atoms. The number of halogens is 1. The lowest BCUT2D eigenvalue weighted by Crippen LogP contribution is -2.19. The minimum atomic E-state index is 0.0202. The van der Waals surface area contributed by atoms with E-state index in [4.69, 9.17) is 11.6 Å². The van der Waals surface area contributed by atoms with Crippen LogP contribution in [0.1, 0.15) is 35.7 Å². The van der Waals surface area contributed by atoms with Crippen molar-refractivity contribution >= 4 is 23.2 Å². The minimum Gasteiger partial charge on any atom is -0.326 e. The van der Waals surface area contributed by atoms with Gasteiger partial charge >= 0.3 is 0 Å². The van der Waals surface area contributed by atoms with Gasteiger partial charge in [-0.2, -0.15) is 0 Å². The third-order valence-corrected chi connectivity index (χ3v) is 5.28. The molecule has 6 heteroatoms. The zero-order valence-corrected chi connectivity index (χ0v) is 15.7. The number of hydrogen-bond donors (Lipinski definition) is 1. The average Bonchev–Trinajstić information content (AvgIpc) is 3.15. The predicted octanol–water partition coefficient (Wildman–Crippen LogP) is 4.23. The predicted molar refractivity (Wildman–Crippen MR) is 106 cm³/mol. The molecule has 2 heterocycles. The van der Waals surface area contributed by atoms with E-state index in [2.05, 4.69) is 32.2 Å². The summed E-state index contributed by atoms with van der Waals surface area (Å²) in [5.74, 6) is 1.49. The number of aryl methyl sites for hydroxylation is 2. The zero-order valence-electron chi connectivity index (χ0n) is 14.9. The summed E-state index contributed by atoms with van der Waals surface area (Å²) in [5, 5.41) is 11.9. The molecular formula is C21H21ClN4O. The number of fused-ring (bicyclic) bond motifs is 1. The summed E-state index contributed by atoms with van der Waals surface area (Å²) in [4.78, 5) is 12.3. The third kappa shape index (κ3) is 4.37. The molecule has 0 aliphatic carbocycles. The van der Waals surface area contributed by atoms with Crippen LogP contribution < -0.4 is 5.32 Å². The molecule has 0 unspecified atom stereocenters. The Balaban J connectivity index is 1.36. The number of amides is 1. The molecule has 0 saturated heterocycles. The van der Waals surface area contributed by atoms with E-state index in [1.807, 2.05) is 36.4 Å². The van der Waals surface area contributed by atoms with Crippen molar-refractivity contribution in [1.29, 1.82) is 0 Å². The summed E-state index contributed by atoms with van der Waals surface area (Å²) >= 11 is 5.89. The normalized spacial score (nSPS) is 16.0. The van der Waals surface area contributed by atoms with Crippen molar-refractivity contribution in [2.24, 2.45) is 0 Å². The number of nitrogens with zero attached hydrogens (tertiary/aromatic N) is 3. The van der Waals surface area contributed by atoms with Gasteiger partial charge in [-0.05, 0) is 48.2 Å². The van der Waals surface area contributed by atoms with Crippen molar-refractivity contribution in [3.8, 4) is 0 Å². The molecule has 27 heavy (non-hydrogen) atoms. The van der Waals surface area contributed by atoms with E-state index in [0.717, 1.165) is 36.5 Å². The van der Waals surface area contributed by atoms with Gasteiger partial charge in [-0.15, -0.1) is 10.2 Å². The van der Waals surface area contributed by atoms with E-state index in [0.29, 0.717) is 23.8 Å². The molecular weight excluding hydrogens is 360 g/mol. The van der Waals surface area contributed by atoms with Crippen molar-refractivity contribution in [1.82, 2.24) is 14.8 Å². The van der Waals surface area contributed by atoms with Gasteiger partial charge in [0.2, 0.25) is 5.91 Å². The van der Waals surface area contributed by atoms with Gasteiger partial charge in [-0.3, -0.25) is 4.79 Å². The van der Waals surface area contributed by atoms with Gasteiger partial charge in [-0.25, -0.2) is 0 Å². The van der Waals surface area contributed by atoms with Crippen molar-refractivity contribution in [3.05, 3.63) is 76.8 Å². The van der Waals surface area contributed by atoms with Gasteiger partial charge in [-0.1, -0.05) is 35.9 Å². The maximum atomic E-state index is 12.3. The highest BCUT2D eigenvalue weighted by Crippen LogP contribution is 2.29. The summed E-state index contributed by atoms with van der Waals surface area (Å²) in [6, 6.07) is 15.8. The molecule has 0 radical (unpaired) electrons. The number of rotatable bonds is 5. The number of nitrogens with one attached hydrogen (secondary N) is 1. The van der Waals surface area contributed by atoms with Crippen LogP contribution in [0.5, 0.6) is 0 Å². The highest BCUT2D eigenvalue weighted by atomic mass is 35.5. The molecule has 3 aromatic rings. The largest absolute Gasteiger partial charge is 0.326 e. The molecule has 1 N–H and O–H groups in total. The number of benzene rings is 2. The van der Waals surface area contributed by atoms with E-state index < -0.39 is 0 Å². The number of carbonyl (C=O) groups excluding carboxylic acids is 1. The van der Waals surface area contributed by atoms with Gasteiger partial charge in [0, 0.05) is 36.0 Å². The van der Waals surface area contributed by atoms with Gasteiger partial charge < -0.3 is 9.88 Å². The second-order valence-electron chi connectivity index (χ2n) is 6.94. The molecule has 1 aliphatic heterocycles. The summed E-state index contributed by atoms with van der Waals surface area (Å²) in [6.45, 7) is 0.885. The van der Waals surface area contributed by atoms with Crippen LogP contribution in [0, 0.1) is 0 Å². The van der Waals surface area contributed by atoms with E-state index in [1.54, 1.807) is 6.33 Å². The van der Waals surface area contributed by atoms with Crippen LogP contribution >= 0.6 is 11.6 Å². The van der Waals surface area contributed by atoms with Crippen molar-refractivity contribution in [2.45, 2.75) is 38.1 Å². The zero-order chi connectivity index (χ0) is 18.6. The van der Waals surface area contributed by atoms with Crippen molar-refractivity contribution < 1.29 is 4.79 Å². The standard InChI is InChI=1S/C21H21ClN4O/c22-18-8-4-15(5-9-18)6-11-21(27)24-19-3-1-2-16(12-19)17-7-10-20-25-23-14-26(20)13-17/h1-5,8-9,12,14,17H,6-7,10-11,13H2,(H,24,27)/t17-/m0/s1. The lowest BCUT2D eigenvalue weighted by Gasteiger charge is -2.23. The van der Waals surface area contributed by atoms with Crippen molar-refractivity contribution in [2.75, 3.05) is 5.32 Å². The molecule has 1 amide bonds. The van der Waals surface area contributed by atoms with Crippen molar-refractivity contribution in [3.63, 3.8) is 0 Å². The van der Waals surface area contributed by atoms with Gasteiger partial charge in [0.05, 0.1) is 0 Å². The summed E-state index contributed by atoms with van der Waals surface area (Å²) in [5.41, 5.74) is 3.20. The van der Waals surface area contributed by atoms with Crippen LogP contribution in [0.4, 0.5) is 5.69 Å². The first-order valence-corrected chi connectivity index (χ1v) is 9.56. The fourth-order valence-electron chi connectivity index (χ4n) is 3.53. The number of carbonyl (C=O) groups is 1. The Morgan fingerprint density at radius 1 is 1.22 bits per heavy atom. The second-order valence-corrected chi connectivity index (χ2v) is 7.37. The van der Waals surface area contributed by atoms with Crippen LogP contribution in [-0.4, -0.2) is 20.7 Å². The Kier molecular flexibility index (Phi) is 5.21. The Bertz CT molecular complexity index is 935. The molecule has 2 aromatic carbocycles. The van der Waals surface area contributed by atoms with Gasteiger partial charge in [0.15, 0.2) is 0 Å². The third-order valence-electron chi connectivity index (χ3n) is 5.02. The van der Waals surface area contributed by atoms with Gasteiger partial charge in [0.1, 0.15) is 12.2 Å². The van der Waals surface area contributed by atoms with E-state index >= 15 is 0 Å². The molecule has 0 saturated carbocycles. The van der Waals surface area contributed by atoms with Crippen LogP contribution in [0.15, 0.2) is 54.9 Å². The summed E-state index contributed by atoms with van der Waals surface area (Å²) in [6.07, 6.45) is 4.92. The van der Waals surface area contributed by atoms with E-state index in [1.165, 1.54) is 5.56 Å². The highest BCUT2D eigenvalue weighted by molar-refractivity contribution is 6.30. The van der Waals surface area contributed by atoms with Crippen LogP contribution in [0.2, 0.25) is 5.02 Å². The minimum absolute atomic E-state index is 0.0202. The summed E-state index contributed by atoms with van der Waals surface area (Å²) < 4.78 is 2.12. The second kappa shape index (κ2) is 7.92. The Labute approximate surface area is 163 Å². The van der Waals surface area contributed by atoms with E-state index in [-0.39, 0.29) is 5.91 Å². The molecule has 1 atom stereocenters. The molecule has 5 nitrogen and oxygen atoms in total. The number of hydrogen-bond acceptors (Lipinski definition) is 3. The van der Waals surface area contributed by atoms with Gasteiger partial charge in [0.25, 0.3) is 0 Å². The lowest BCUT2D eigenvalue weighted by atomic mass is 9.91. The lowest BCUT2D eigenvalue weighted by molar-refractivity contribution is -0.116. The molecule has 138 valence electrons. The molecule has 0 bridgehead atoms. The van der Waals surface area contributed by atoms with E-state index in [9.17, 15) is 4.79 Å². The first kappa shape index (κ1) is 17.7. The topological polar surface area (TPSA) is 59.8 Å². The molecule has 4 rings (SSSR count). The first-order valence-electron chi connectivity index (χ1n) is 9.18. The Hall–Kier alpha value is -2.66. The maximum Gasteiger partial charge on any atom is 0.224 e. The molecule has 0 fully saturated rings. The highest BCUT2D eigenvalue weighted by Gasteiger charge is 2.21. The number of aromatic nitrogens is 3. The number of anilines is 1. The fraction of sp³-hybridized carbons (Fsp3) is 0.286. The van der Waals surface area contributed by atoms with Crippen LogP contribution in [-0.2, 0) is 24.2 Å². The summed E-state index contributed by atoms with van der Waals surface area (Å²) in [7, 11) is 0. The van der Waals surface area contributed by atoms with Crippen LogP contribution in [0.25, 0.3) is 0 Å². The average molecular weight is 381 g/mol. The Morgan fingerprint density at radius 3 is 2.93 bits per heavy atom. The molecule has 1 aliphatic rings. The monoisotopic (exact) mass is 380 g/mol. The fourth-order valence-corrected chi connectivity index (χ4v) is 3.66. The smallest absolute Gasteiger partial charge is 0.224 e. The maximum absolute atomic E-state index is 12.3. The quantitative estimate of drug-likeness (QED) is 0.720. The Morgan fingerprint density at radius 2 is 2.07 bits per heavy atom. The first-order chi connectivity index (χ1) is 13.2.